The molecule has 4 rings (SSSR count). The first-order valence-corrected chi connectivity index (χ1v) is 11.6. The van der Waals surface area contributed by atoms with Crippen LogP contribution in [0.2, 0.25) is 0 Å². The van der Waals surface area contributed by atoms with Crippen LogP contribution in [-0.2, 0) is 4.79 Å². The molecule has 2 N–H and O–H groups in total. The molecule has 3 aromatic rings. The number of aryl methyl sites for hydroxylation is 2. The fourth-order valence-corrected chi connectivity index (χ4v) is 3.98. The molecule has 0 saturated carbocycles. The van der Waals surface area contributed by atoms with Crippen LogP contribution >= 0.6 is 0 Å². The summed E-state index contributed by atoms with van der Waals surface area (Å²) in [6, 6.07) is 9.34. The summed E-state index contributed by atoms with van der Waals surface area (Å²) in [6.45, 7) is 5.46. The predicted octanol–water partition coefficient (Wildman–Crippen LogP) is 4.06. The van der Waals surface area contributed by atoms with Crippen molar-refractivity contribution < 1.29 is 14.1 Å². The van der Waals surface area contributed by atoms with Gasteiger partial charge in [0.2, 0.25) is 17.6 Å². The van der Waals surface area contributed by atoms with Crippen molar-refractivity contribution in [1.82, 2.24) is 25.3 Å². The molecule has 9 nitrogen and oxygen atoms in total. The van der Waals surface area contributed by atoms with Gasteiger partial charge in [0.25, 0.3) is 0 Å². The van der Waals surface area contributed by atoms with Gasteiger partial charge in [-0.05, 0) is 68.5 Å². The lowest BCUT2D eigenvalue weighted by Crippen LogP contribution is -2.38. The Morgan fingerprint density at radius 3 is 2.85 bits per heavy atom. The number of carbonyl (C=O) groups is 2. The van der Waals surface area contributed by atoms with Gasteiger partial charge < -0.3 is 20.1 Å². The molecule has 9 heteroatoms. The minimum Gasteiger partial charge on any atom is -0.356 e. The van der Waals surface area contributed by atoms with Crippen molar-refractivity contribution in [2.75, 3.05) is 25.0 Å². The Morgan fingerprint density at radius 2 is 2.06 bits per heavy atom. The number of aromatic nitrogens is 3. The molecule has 1 aliphatic rings. The zero-order valence-electron chi connectivity index (χ0n) is 19.6. The van der Waals surface area contributed by atoms with Crippen LogP contribution in [0.3, 0.4) is 0 Å². The molecule has 178 valence electrons. The van der Waals surface area contributed by atoms with Crippen molar-refractivity contribution >= 4 is 17.6 Å². The Balaban J connectivity index is 1.43. The van der Waals surface area contributed by atoms with E-state index in [2.05, 4.69) is 25.8 Å². The zero-order valence-corrected chi connectivity index (χ0v) is 19.6. The molecule has 1 unspecified atom stereocenters. The second-order valence-electron chi connectivity index (χ2n) is 8.64. The first kappa shape index (κ1) is 23.4. The quantitative estimate of drug-likeness (QED) is 0.607. The van der Waals surface area contributed by atoms with E-state index < -0.39 is 0 Å². The number of amides is 3. The van der Waals surface area contributed by atoms with Crippen LogP contribution in [0.15, 0.2) is 47.2 Å². The van der Waals surface area contributed by atoms with Crippen LogP contribution in [0.5, 0.6) is 0 Å². The number of benzene rings is 1. The molecule has 1 atom stereocenters. The SMILES string of the molecule is Cc1ccc(NC(=O)N2CCCC(c3nc(-c4cccnc4)no3)CCNC(=O)CC2)cc1C. The average Bonchev–Trinajstić information content (AvgIpc) is 3.31. The van der Waals surface area contributed by atoms with Crippen LogP contribution in [0.1, 0.15) is 48.6 Å². The largest absolute Gasteiger partial charge is 0.356 e. The number of carbonyl (C=O) groups excluding carboxylic acids is 2. The summed E-state index contributed by atoms with van der Waals surface area (Å²) in [5.74, 6) is 0.946. The highest BCUT2D eigenvalue weighted by molar-refractivity contribution is 5.89. The Kier molecular flexibility index (Phi) is 7.51. The molecule has 2 aromatic heterocycles. The van der Waals surface area contributed by atoms with Crippen LogP contribution in [0.4, 0.5) is 10.5 Å². The fourth-order valence-electron chi connectivity index (χ4n) is 3.98. The van der Waals surface area contributed by atoms with Gasteiger partial charge >= 0.3 is 6.03 Å². The minimum absolute atomic E-state index is 0.0130. The molecule has 1 aliphatic heterocycles. The van der Waals surface area contributed by atoms with Crippen LogP contribution < -0.4 is 10.6 Å². The second kappa shape index (κ2) is 10.9. The van der Waals surface area contributed by atoms with Gasteiger partial charge in [0.05, 0.1) is 0 Å². The number of urea groups is 1. The van der Waals surface area contributed by atoms with E-state index in [1.165, 1.54) is 5.56 Å². The molecule has 34 heavy (non-hydrogen) atoms. The molecular formula is C25H30N6O3. The van der Waals surface area contributed by atoms with Crippen molar-refractivity contribution in [3.05, 3.63) is 59.7 Å². The second-order valence-corrected chi connectivity index (χ2v) is 8.64. The maximum absolute atomic E-state index is 13.0. The van der Waals surface area contributed by atoms with Gasteiger partial charge in [0.15, 0.2) is 0 Å². The minimum atomic E-state index is -0.205. The maximum Gasteiger partial charge on any atom is 0.321 e. The molecule has 0 aliphatic carbocycles. The van der Waals surface area contributed by atoms with Crippen molar-refractivity contribution in [3.8, 4) is 11.4 Å². The fraction of sp³-hybridized carbons (Fsp3) is 0.400. The van der Waals surface area contributed by atoms with Gasteiger partial charge in [-0.2, -0.15) is 4.98 Å². The van der Waals surface area contributed by atoms with Crippen LogP contribution in [0.25, 0.3) is 11.4 Å². The first-order chi connectivity index (χ1) is 16.5. The van der Waals surface area contributed by atoms with Crippen LogP contribution in [0, 0.1) is 13.8 Å². The van der Waals surface area contributed by atoms with Gasteiger partial charge in [-0.15, -0.1) is 0 Å². The summed E-state index contributed by atoms with van der Waals surface area (Å²) in [5, 5.41) is 10.0. The zero-order chi connectivity index (χ0) is 23.9. The summed E-state index contributed by atoms with van der Waals surface area (Å²) in [4.78, 5) is 35.7. The molecule has 1 fully saturated rings. The lowest BCUT2D eigenvalue weighted by molar-refractivity contribution is -0.121. The topological polar surface area (TPSA) is 113 Å². The highest BCUT2D eigenvalue weighted by atomic mass is 16.5. The maximum atomic E-state index is 13.0. The Bertz CT molecular complexity index is 1130. The van der Waals surface area contributed by atoms with Gasteiger partial charge in [-0.3, -0.25) is 9.78 Å². The average molecular weight is 463 g/mol. The molecule has 0 spiro atoms. The van der Waals surface area contributed by atoms with Gasteiger partial charge in [-0.25, -0.2) is 4.79 Å². The Hall–Kier alpha value is -3.75. The molecule has 0 bridgehead atoms. The van der Waals surface area contributed by atoms with E-state index in [0.717, 1.165) is 29.7 Å². The first-order valence-electron chi connectivity index (χ1n) is 11.6. The van der Waals surface area contributed by atoms with E-state index in [1.54, 1.807) is 17.3 Å². The van der Waals surface area contributed by atoms with Gasteiger partial charge in [-0.1, -0.05) is 11.2 Å². The molecule has 3 heterocycles. The predicted molar refractivity (Wildman–Crippen MR) is 128 cm³/mol. The van der Waals surface area contributed by atoms with E-state index in [1.807, 2.05) is 44.2 Å². The van der Waals surface area contributed by atoms with E-state index in [0.29, 0.717) is 37.8 Å². The number of nitrogens with zero attached hydrogens (tertiary/aromatic N) is 4. The van der Waals surface area contributed by atoms with Crippen molar-refractivity contribution in [1.29, 1.82) is 0 Å². The number of pyridine rings is 1. The summed E-state index contributed by atoms with van der Waals surface area (Å²) in [7, 11) is 0. The van der Waals surface area contributed by atoms with E-state index in [9.17, 15) is 9.59 Å². The van der Waals surface area contributed by atoms with Crippen molar-refractivity contribution in [2.24, 2.45) is 0 Å². The standard InChI is InChI=1S/C25H30N6O3/c1-17-7-8-21(15-18(17)2)28-25(33)31-13-4-6-19(9-12-27-22(32)10-14-31)24-29-23(30-34-24)20-5-3-11-26-16-20/h3,5,7-8,11,15-16,19H,4,6,9-10,12-14H2,1-2H3,(H,27,32)(H,28,33). The summed E-state index contributed by atoms with van der Waals surface area (Å²) in [6.07, 6.45) is 5.85. The lowest BCUT2D eigenvalue weighted by atomic mass is 9.99. The summed E-state index contributed by atoms with van der Waals surface area (Å²) < 4.78 is 5.56. The Morgan fingerprint density at radius 1 is 1.18 bits per heavy atom. The van der Waals surface area contributed by atoms with Gasteiger partial charge in [0, 0.05) is 55.6 Å². The normalized spacial score (nSPS) is 17.5. The third-order valence-electron chi connectivity index (χ3n) is 6.16. The van der Waals surface area contributed by atoms with E-state index in [-0.39, 0.29) is 24.3 Å². The van der Waals surface area contributed by atoms with Gasteiger partial charge in [0.1, 0.15) is 0 Å². The third kappa shape index (κ3) is 5.98. The highest BCUT2D eigenvalue weighted by Gasteiger charge is 2.23. The summed E-state index contributed by atoms with van der Waals surface area (Å²) >= 11 is 0. The number of rotatable bonds is 3. The smallest absolute Gasteiger partial charge is 0.321 e. The number of nitrogens with one attached hydrogen (secondary N) is 2. The van der Waals surface area contributed by atoms with Crippen LogP contribution in [-0.4, -0.2) is 51.6 Å². The van der Waals surface area contributed by atoms with E-state index >= 15 is 0 Å². The molecule has 3 amide bonds. The number of hydrogen-bond acceptors (Lipinski definition) is 6. The summed E-state index contributed by atoms with van der Waals surface area (Å²) in [5.41, 5.74) is 3.82. The van der Waals surface area contributed by atoms with Crippen molar-refractivity contribution in [3.63, 3.8) is 0 Å². The highest BCUT2D eigenvalue weighted by Crippen LogP contribution is 2.26. The number of anilines is 1. The lowest BCUT2D eigenvalue weighted by Gasteiger charge is -2.23. The van der Waals surface area contributed by atoms with Crippen molar-refractivity contribution in [2.45, 2.75) is 45.4 Å². The van der Waals surface area contributed by atoms with E-state index in [4.69, 9.17) is 4.52 Å². The molecule has 0 radical (unpaired) electrons. The monoisotopic (exact) mass is 462 g/mol. The Labute approximate surface area is 199 Å². The molecule has 1 aromatic carbocycles. The molecular weight excluding hydrogens is 432 g/mol. The number of hydrogen-bond donors (Lipinski definition) is 2. The third-order valence-corrected chi connectivity index (χ3v) is 6.16. The molecule has 1 saturated heterocycles.